The smallest absolute Gasteiger partial charge is 0.142 e. The molecule has 1 aromatic carbocycles. The van der Waals surface area contributed by atoms with E-state index in [0.717, 1.165) is 5.69 Å². The number of amidine groups is 1. The van der Waals surface area contributed by atoms with Crippen molar-refractivity contribution < 1.29 is 4.74 Å². The Bertz CT molecular complexity index is 323. The molecule has 0 aromatic heterocycles. The fourth-order valence-electron chi connectivity index (χ4n) is 1.07. The fraction of sp³-hybridized carbons (Fsp3) is 0.222. The second kappa shape index (κ2) is 3.80. The maximum atomic E-state index is 7.24. The lowest BCUT2D eigenvalue weighted by molar-refractivity contribution is 0.416. The standard InChI is InChI=1S/C9H13N3O/c1-12-7-4-3-6(9(10)11)5-8(7)13-2/h3-5,12H,1-2H3,(H3,10,11). The van der Waals surface area contributed by atoms with E-state index < -0.39 is 0 Å². The van der Waals surface area contributed by atoms with Crippen molar-refractivity contribution in [2.24, 2.45) is 5.73 Å². The quantitative estimate of drug-likeness (QED) is 0.479. The Hall–Kier alpha value is -1.71. The second-order valence-corrected chi connectivity index (χ2v) is 2.58. The van der Waals surface area contributed by atoms with Crippen LogP contribution in [0.3, 0.4) is 0 Å². The number of nitrogen functional groups attached to an aromatic ring is 1. The summed E-state index contributed by atoms with van der Waals surface area (Å²) < 4.78 is 5.11. The summed E-state index contributed by atoms with van der Waals surface area (Å²) in [5.74, 6) is 0.733. The van der Waals surface area contributed by atoms with Gasteiger partial charge in [-0.15, -0.1) is 0 Å². The first-order valence-electron chi connectivity index (χ1n) is 3.89. The molecule has 0 amide bonds. The summed E-state index contributed by atoms with van der Waals surface area (Å²) in [6, 6.07) is 5.33. The zero-order chi connectivity index (χ0) is 9.84. The molecule has 13 heavy (non-hydrogen) atoms. The topological polar surface area (TPSA) is 71.1 Å². The SMILES string of the molecule is CNc1ccc(C(=N)N)cc1OC. The van der Waals surface area contributed by atoms with Gasteiger partial charge >= 0.3 is 0 Å². The van der Waals surface area contributed by atoms with E-state index in [2.05, 4.69) is 5.32 Å². The summed E-state index contributed by atoms with van der Waals surface area (Å²) in [7, 11) is 3.39. The maximum absolute atomic E-state index is 7.24. The van der Waals surface area contributed by atoms with Gasteiger partial charge in [-0.2, -0.15) is 0 Å². The van der Waals surface area contributed by atoms with E-state index in [1.165, 1.54) is 0 Å². The molecule has 0 aliphatic rings. The van der Waals surface area contributed by atoms with Crippen LogP contribution in [0.1, 0.15) is 5.56 Å². The molecule has 0 aliphatic carbocycles. The number of anilines is 1. The Labute approximate surface area is 77.2 Å². The van der Waals surface area contributed by atoms with Crippen LogP contribution in [0.2, 0.25) is 0 Å². The fourth-order valence-corrected chi connectivity index (χ4v) is 1.07. The van der Waals surface area contributed by atoms with Crippen LogP contribution in [0.25, 0.3) is 0 Å². The molecule has 0 saturated carbocycles. The predicted octanol–water partition coefficient (Wildman–Crippen LogP) is 1.02. The molecule has 0 bridgehead atoms. The first-order valence-corrected chi connectivity index (χ1v) is 3.89. The van der Waals surface area contributed by atoms with Crippen molar-refractivity contribution in [3.05, 3.63) is 23.8 Å². The normalized spacial score (nSPS) is 9.38. The maximum Gasteiger partial charge on any atom is 0.142 e. The Morgan fingerprint density at radius 2 is 2.23 bits per heavy atom. The number of hydrogen-bond donors (Lipinski definition) is 3. The lowest BCUT2D eigenvalue weighted by Crippen LogP contribution is -2.11. The number of ether oxygens (including phenoxy) is 1. The van der Waals surface area contributed by atoms with Crippen molar-refractivity contribution >= 4 is 11.5 Å². The summed E-state index contributed by atoms with van der Waals surface area (Å²) in [6.45, 7) is 0. The van der Waals surface area contributed by atoms with E-state index in [1.807, 2.05) is 13.1 Å². The lowest BCUT2D eigenvalue weighted by atomic mass is 10.2. The van der Waals surface area contributed by atoms with Gasteiger partial charge < -0.3 is 15.8 Å². The zero-order valence-corrected chi connectivity index (χ0v) is 7.72. The van der Waals surface area contributed by atoms with Gasteiger partial charge in [-0.1, -0.05) is 0 Å². The number of nitrogens with one attached hydrogen (secondary N) is 2. The first kappa shape index (κ1) is 9.38. The van der Waals surface area contributed by atoms with Crippen LogP contribution in [0.4, 0.5) is 5.69 Å². The molecule has 1 rings (SSSR count). The Morgan fingerprint density at radius 1 is 1.54 bits per heavy atom. The van der Waals surface area contributed by atoms with Crippen LogP contribution in [0.5, 0.6) is 5.75 Å². The van der Waals surface area contributed by atoms with Crippen LogP contribution in [-0.2, 0) is 0 Å². The van der Waals surface area contributed by atoms with Gasteiger partial charge in [0.15, 0.2) is 0 Å². The summed E-state index contributed by atoms with van der Waals surface area (Å²) in [6.07, 6.45) is 0. The Morgan fingerprint density at radius 3 is 2.69 bits per heavy atom. The molecule has 0 fully saturated rings. The lowest BCUT2D eigenvalue weighted by Gasteiger charge is -2.09. The number of methoxy groups -OCH3 is 1. The third-order valence-corrected chi connectivity index (χ3v) is 1.78. The number of rotatable bonds is 3. The van der Waals surface area contributed by atoms with E-state index in [4.69, 9.17) is 15.9 Å². The predicted molar refractivity (Wildman–Crippen MR) is 53.6 cm³/mol. The largest absolute Gasteiger partial charge is 0.495 e. The van der Waals surface area contributed by atoms with Crippen LogP contribution in [0, 0.1) is 5.41 Å². The molecule has 4 N–H and O–H groups in total. The van der Waals surface area contributed by atoms with Gasteiger partial charge in [-0.25, -0.2) is 0 Å². The van der Waals surface area contributed by atoms with E-state index in [0.29, 0.717) is 11.3 Å². The summed E-state index contributed by atoms with van der Waals surface area (Å²) in [5, 5.41) is 10.2. The highest BCUT2D eigenvalue weighted by molar-refractivity contribution is 5.95. The Kier molecular flexibility index (Phi) is 2.74. The molecule has 0 atom stereocenters. The van der Waals surface area contributed by atoms with Gasteiger partial charge in [0.05, 0.1) is 12.8 Å². The molecule has 4 heteroatoms. The molecule has 1 aromatic rings. The molecule has 4 nitrogen and oxygen atoms in total. The minimum absolute atomic E-state index is 0.0425. The molecule has 70 valence electrons. The van der Waals surface area contributed by atoms with E-state index >= 15 is 0 Å². The van der Waals surface area contributed by atoms with Crippen molar-refractivity contribution in [3.8, 4) is 5.75 Å². The van der Waals surface area contributed by atoms with Gasteiger partial charge in [0.25, 0.3) is 0 Å². The zero-order valence-electron chi connectivity index (χ0n) is 7.72. The molecule has 0 spiro atoms. The Balaban J connectivity index is 3.13. The molecule has 0 aliphatic heterocycles. The number of hydrogen-bond acceptors (Lipinski definition) is 3. The van der Waals surface area contributed by atoms with Crippen molar-refractivity contribution in [3.63, 3.8) is 0 Å². The highest BCUT2D eigenvalue weighted by atomic mass is 16.5. The minimum atomic E-state index is 0.0425. The van der Waals surface area contributed by atoms with E-state index in [1.54, 1.807) is 19.2 Å². The molecular formula is C9H13N3O. The van der Waals surface area contributed by atoms with Crippen LogP contribution >= 0.6 is 0 Å². The summed E-state index contributed by atoms with van der Waals surface area (Å²) in [5.41, 5.74) is 6.88. The molecular weight excluding hydrogens is 166 g/mol. The van der Waals surface area contributed by atoms with Crippen molar-refractivity contribution in [2.75, 3.05) is 19.5 Å². The first-order chi connectivity index (χ1) is 6.19. The molecule has 0 saturated heterocycles. The van der Waals surface area contributed by atoms with Crippen molar-refractivity contribution in [2.45, 2.75) is 0 Å². The van der Waals surface area contributed by atoms with Gasteiger partial charge in [0.2, 0.25) is 0 Å². The van der Waals surface area contributed by atoms with Crippen LogP contribution < -0.4 is 15.8 Å². The average molecular weight is 179 g/mol. The summed E-state index contributed by atoms with van der Waals surface area (Å²) in [4.78, 5) is 0. The molecule has 0 unspecified atom stereocenters. The van der Waals surface area contributed by atoms with Gasteiger partial charge in [-0.05, 0) is 18.2 Å². The molecule has 0 heterocycles. The third-order valence-electron chi connectivity index (χ3n) is 1.78. The van der Waals surface area contributed by atoms with Crippen molar-refractivity contribution in [1.82, 2.24) is 0 Å². The van der Waals surface area contributed by atoms with Gasteiger partial charge in [-0.3, -0.25) is 5.41 Å². The van der Waals surface area contributed by atoms with Crippen LogP contribution in [-0.4, -0.2) is 20.0 Å². The van der Waals surface area contributed by atoms with Crippen LogP contribution in [0.15, 0.2) is 18.2 Å². The van der Waals surface area contributed by atoms with Crippen molar-refractivity contribution in [1.29, 1.82) is 5.41 Å². The monoisotopic (exact) mass is 179 g/mol. The minimum Gasteiger partial charge on any atom is -0.495 e. The van der Waals surface area contributed by atoms with E-state index in [9.17, 15) is 0 Å². The highest BCUT2D eigenvalue weighted by Crippen LogP contribution is 2.24. The van der Waals surface area contributed by atoms with Gasteiger partial charge in [0.1, 0.15) is 11.6 Å². The average Bonchev–Trinajstić information content (AvgIpc) is 2.16. The molecule has 0 radical (unpaired) electrons. The summed E-state index contributed by atoms with van der Waals surface area (Å²) >= 11 is 0. The second-order valence-electron chi connectivity index (χ2n) is 2.58. The van der Waals surface area contributed by atoms with E-state index in [-0.39, 0.29) is 5.84 Å². The highest BCUT2D eigenvalue weighted by Gasteiger charge is 2.03. The number of benzene rings is 1. The third kappa shape index (κ3) is 1.90. The number of nitrogens with two attached hydrogens (primary N) is 1. The van der Waals surface area contributed by atoms with Gasteiger partial charge in [0, 0.05) is 12.6 Å².